The Balaban J connectivity index is 1.53. The van der Waals surface area contributed by atoms with Crippen molar-refractivity contribution in [3.63, 3.8) is 0 Å². The van der Waals surface area contributed by atoms with Gasteiger partial charge in [-0.25, -0.2) is 4.90 Å². The number of halogens is 1. The molecule has 5 atom stereocenters. The van der Waals surface area contributed by atoms with Crippen molar-refractivity contribution in [2.75, 3.05) is 4.90 Å². The Labute approximate surface area is 199 Å². The number of para-hydroxylation sites is 1. The largest absolute Gasteiger partial charge is 0.357 e. The Bertz CT molecular complexity index is 1290. The summed E-state index contributed by atoms with van der Waals surface area (Å²) in [6.07, 6.45) is 3.20. The van der Waals surface area contributed by atoms with E-state index in [4.69, 9.17) is 11.6 Å². The van der Waals surface area contributed by atoms with Crippen molar-refractivity contribution in [1.29, 1.82) is 0 Å². The fourth-order valence-electron chi connectivity index (χ4n) is 6.87. The van der Waals surface area contributed by atoms with E-state index >= 15 is 0 Å². The molecule has 0 radical (unpaired) electrons. The van der Waals surface area contributed by atoms with Crippen molar-refractivity contribution in [3.8, 4) is 0 Å². The number of nitrogens with one attached hydrogen (secondary N) is 1. The molecule has 0 bridgehead atoms. The van der Waals surface area contributed by atoms with Crippen molar-refractivity contribution in [1.82, 2.24) is 4.98 Å². The standard InChI is InChI=1S/C28H29ClN2O2/c1-28(2,3)15-11-12-18-20(13-15)23-24(25-22(18)19-9-4-5-10-21(19)30-25)27(33)31(26(23)32)17-8-6-7-16(29)14-17/h4-10,14-15,18,20,23-24,30H,11-13H2,1-3H3/t15-,18+,20-,23-,24+/m1/s1. The Kier molecular flexibility index (Phi) is 4.58. The summed E-state index contributed by atoms with van der Waals surface area (Å²) in [5.74, 6) is 0.0187. The maximum atomic E-state index is 13.9. The minimum atomic E-state index is -0.459. The van der Waals surface area contributed by atoms with Crippen LogP contribution in [0.15, 0.2) is 48.5 Å². The first-order valence-corrected chi connectivity index (χ1v) is 12.4. The summed E-state index contributed by atoms with van der Waals surface area (Å²) in [5.41, 5.74) is 4.04. The Morgan fingerprint density at radius 2 is 1.79 bits per heavy atom. The molecule has 0 unspecified atom stereocenters. The van der Waals surface area contributed by atoms with Gasteiger partial charge in [0, 0.05) is 21.6 Å². The van der Waals surface area contributed by atoms with Gasteiger partial charge in [-0.1, -0.05) is 56.6 Å². The SMILES string of the molecule is CC(C)(C)[C@@H]1CC[C@@H]2c3c([nH]c4ccccc34)[C@H]3C(=O)N(c4cccc(Cl)c4)C(=O)[C@@H]3[C@@H]2C1. The highest BCUT2D eigenvalue weighted by Crippen LogP contribution is 2.60. The zero-order chi connectivity index (χ0) is 23.1. The number of aromatic amines is 1. The summed E-state index contributed by atoms with van der Waals surface area (Å²) < 4.78 is 0. The van der Waals surface area contributed by atoms with Crippen LogP contribution in [0.2, 0.25) is 5.02 Å². The number of H-pyrrole nitrogens is 1. The van der Waals surface area contributed by atoms with Crippen LogP contribution in [-0.4, -0.2) is 16.8 Å². The van der Waals surface area contributed by atoms with Gasteiger partial charge in [0.15, 0.2) is 0 Å². The molecule has 0 spiro atoms. The van der Waals surface area contributed by atoms with Crippen LogP contribution in [0.3, 0.4) is 0 Å². The number of benzene rings is 2. The van der Waals surface area contributed by atoms with E-state index < -0.39 is 5.92 Å². The van der Waals surface area contributed by atoms with Gasteiger partial charge in [0.1, 0.15) is 0 Å². The molecule has 1 aromatic heterocycles. The third kappa shape index (κ3) is 3.03. The summed E-state index contributed by atoms with van der Waals surface area (Å²) in [7, 11) is 0. The fraction of sp³-hybridized carbons (Fsp3) is 0.429. The smallest absolute Gasteiger partial charge is 0.243 e. The van der Waals surface area contributed by atoms with Crippen LogP contribution in [0.1, 0.15) is 63.1 Å². The van der Waals surface area contributed by atoms with Gasteiger partial charge >= 0.3 is 0 Å². The second kappa shape index (κ2) is 7.20. The number of hydrogen-bond acceptors (Lipinski definition) is 2. The van der Waals surface area contributed by atoms with Crippen molar-refractivity contribution < 1.29 is 9.59 Å². The van der Waals surface area contributed by atoms with Gasteiger partial charge in [-0.3, -0.25) is 9.59 Å². The van der Waals surface area contributed by atoms with Gasteiger partial charge in [-0.15, -0.1) is 0 Å². The van der Waals surface area contributed by atoms with Gasteiger partial charge < -0.3 is 4.98 Å². The topological polar surface area (TPSA) is 53.2 Å². The number of fused-ring (bicyclic) bond motifs is 8. The molecule has 2 amide bonds. The lowest BCUT2D eigenvalue weighted by molar-refractivity contribution is -0.123. The van der Waals surface area contributed by atoms with Crippen LogP contribution in [0.25, 0.3) is 10.9 Å². The zero-order valence-corrected chi connectivity index (χ0v) is 20.0. The molecule has 33 heavy (non-hydrogen) atoms. The lowest BCUT2D eigenvalue weighted by atomic mass is 9.56. The van der Waals surface area contributed by atoms with Crippen LogP contribution in [0.5, 0.6) is 0 Å². The molecule has 4 nitrogen and oxygen atoms in total. The van der Waals surface area contributed by atoms with E-state index in [1.807, 2.05) is 6.07 Å². The summed E-state index contributed by atoms with van der Waals surface area (Å²) in [5, 5.41) is 1.73. The highest BCUT2D eigenvalue weighted by molar-refractivity contribution is 6.31. The summed E-state index contributed by atoms with van der Waals surface area (Å²) in [4.78, 5) is 32.8. The molecule has 2 fully saturated rings. The maximum Gasteiger partial charge on any atom is 0.243 e. The van der Waals surface area contributed by atoms with E-state index in [0.29, 0.717) is 22.5 Å². The number of anilines is 1. The molecule has 2 aromatic carbocycles. The Morgan fingerprint density at radius 1 is 1.00 bits per heavy atom. The first kappa shape index (κ1) is 21.0. The molecular weight excluding hydrogens is 432 g/mol. The van der Waals surface area contributed by atoms with E-state index in [1.54, 1.807) is 24.3 Å². The highest BCUT2D eigenvalue weighted by Gasteiger charge is 2.59. The highest BCUT2D eigenvalue weighted by atomic mass is 35.5. The average Bonchev–Trinajstić information content (AvgIpc) is 3.28. The number of hydrogen-bond donors (Lipinski definition) is 1. The van der Waals surface area contributed by atoms with Crippen LogP contribution in [0, 0.1) is 23.2 Å². The van der Waals surface area contributed by atoms with Gasteiger partial charge in [-0.2, -0.15) is 0 Å². The molecule has 5 heteroatoms. The van der Waals surface area contributed by atoms with E-state index in [2.05, 4.69) is 44.0 Å². The second-order valence-electron chi connectivity index (χ2n) is 11.1. The maximum absolute atomic E-state index is 13.9. The van der Waals surface area contributed by atoms with Crippen molar-refractivity contribution in [2.24, 2.45) is 23.2 Å². The molecule has 3 aromatic rings. The average molecular weight is 461 g/mol. The van der Waals surface area contributed by atoms with Gasteiger partial charge in [0.25, 0.3) is 0 Å². The van der Waals surface area contributed by atoms with Gasteiger partial charge in [0.05, 0.1) is 17.5 Å². The van der Waals surface area contributed by atoms with Crippen LogP contribution >= 0.6 is 11.6 Å². The van der Waals surface area contributed by atoms with E-state index in [1.165, 1.54) is 15.8 Å². The van der Waals surface area contributed by atoms with Gasteiger partial charge in [-0.05, 0) is 72.3 Å². The number of amides is 2. The van der Waals surface area contributed by atoms with Crippen LogP contribution in [-0.2, 0) is 9.59 Å². The minimum absolute atomic E-state index is 0.0684. The molecule has 2 aliphatic carbocycles. The predicted octanol–water partition coefficient (Wildman–Crippen LogP) is 6.65. The van der Waals surface area contributed by atoms with Crippen LogP contribution < -0.4 is 4.90 Å². The number of rotatable bonds is 1. The molecule has 1 saturated heterocycles. The summed E-state index contributed by atoms with van der Waals surface area (Å²) in [6.45, 7) is 6.90. The molecule has 2 heterocycles. The minimum Gasteiger partial charge on any atom is -0.357 e. The number of imide groups is 1. The molecule has 1 saturated carbocycles. The summed E-state index contributed by atoms with van der Waals surface area (Å²) in [6, 6.07) is 15.4. The number of aromatic nitrogens is 1. The quantitative estimate of drug-likeness (QED) is 0.413. The molecule has 3 aliphatic rings. The van der Waals surface area contributed by atoms with Crippen molar-refractivity contribution in [2.45, 2.75) is 51.9 Å². The number of carbonyl (C=O) groups excluding carboxylic acids is 2. The second-order valence-corrected chi connectivity index (χ2v) is 11.6. The van der Waals surface area contributed by atoms with Gasteiger partial charge in [0.2, 0.25) is 11.8 Å². The molecular formula is C28H29ClN2O2. The molecule has 1 aliphatic heterocycles. The predicted molar refractivity (Wildman–Crippen MR) is 132 cm³/mol. The van der Waals surface area contributed by atoms with E-state index in [9.17, 15) is 9.59 Å². The first-order chi connectivity index (χ1) is 15.8. The zero-order valence-electron chi connectivity index (χ0n) is 19.3. The first-order valence-electron chi connectivity index (χ1n) is 12.0. The third-order valence-corrected chi connectivity index (χ3v) is 8.70. The number of nitrogens with zero attached hydrogens (tertiary/aromatic N) is 1. The molecule has 170 valence electrons. The Morgan fingerprint density at radius 3 is 2.55 bits per heavy atom. The molecule has 6 rings (SSSR count). The lowest BCUT2D eigenvalue weighted by Crippen LogP contribution is -2.41. The van der Waals surface area contributed by atoms with Crippen molar-refractivity contribution in [3.05, 3.63) is 64.8 Å². The third-order valence-electron chi connectivity index (χ3n) is 8.46. The molecule has 1 N–H and O–H groups in total. The number of carbonyl (C=O) groups is 2. The summed E-state index contributed by atoms with van der Waals surface area (Å²) >= 11 is 6.23. The normalized spacial score (nSPS) is 29.2. The van der Waals surface area contributed by atoms with Crippen molar-refractivity contribution >= 4 is 40.0 Å². The lowest BCUT2D eigenvalue weighted by Gasteiger charge is -2.47. The monoisotopic (exact) mass is 460 g/mol. The Hall–Kier alpha value is -2.59. The fourth-order valence-corrected chi connectivity index (χ4v) is 7.06. The van der Waals surface area contributed by atoms with Crippen LogP contribution in [0.4, 0.5) is 5.69 Å². The van der Waals surface area contributed by atoms with E-state index in [0.717, 1.165) is 30.5 Å². The van der Waals surface area contributed by atoms with E-state index in [-0.39, 0.29) is 29.1 Å².